The molecule has 9 nitrogen and oxygen atoms in total. The van der Waals surface area contributed by atoms with Gasteiger partial charge in [-0.05, 0) is 32.3 Å². The zero-order valence-electron chi connectivity index (χ0n) is 18.6. The number of aliphatic hydroxyl groups is 1. The molecule has 0 radical (unpaired) electrons. The number of allylic oxidation sites excluding steroid dienone is 2. The van der Waals surface area contributed by atoms with Crippen molar-refractivity contribution in [2.24, 2.45) is 5.92 Å². The van der Waals surface area contributed by atoms with Gasteiger partial charge in [0.15, 0.2) is 12.2 Å². The van der Waals surface area contributed by atoms with Gasteiger partial charge in [0.05, 0.1) is 18.6 Å². The minimum atomic E-state index is -1.44. The van der Waals surface area contributed by atoms with Crippen molar-refractivity contribution in [3.8, 4) is 0 Å². The van der Waals surface area contributed by atoms with Gasteiger partial charge in [0.1, 0.15) is 12.2 Å². The van der Waals surface area contributed by atoms with E-state index >= 15 is 0 Å². The summed E-state index contributed by atoms with van der Waals surface area (Å²) in [5, 5.41) is 10.8. The fourth-order valence-electron chi connectivity index (χ4n) is 3.62. The molecule has 1 saturated heterocycles. The number of ether oxygens (including phenoxy) is 4. The first kappa shape index (κ1) is 25.1. The second-order valence-corrected chi connectivity index (χ2v) is 7.59. The van der Waals surface area contributed by atoms with E-state index in [0.29, 0.717) is 5.57 Å². The summed E-state index contributed by atoms with van der Waals surface area (Å²) < 4.78 is 21.3. The number of carbonyl (C=O) groups excluding carboxylic acids is 4. The van der Waals surface area contributed by atoms with Crippen LogP contribution in [0, 0.1) is 5.92 Å². The number of hydrogen-bond acceptors (Lipinski definition) is 9. The molecule has 0 bridgehead atoms. The van der Waals surface area contributed by atoms with Crippen LogP contribution in [-0.2, 0) is 38.1 Å². The van der Waals surface area contributed by atoms with Gasteiger partial charge in [0.2, 0.25) is 0 Å². The quantitative estimate of drug-likeness (QED) is 0.296. The standard InChI is InChI=1S/C23H28O9/c1-7-11(2)21(26)32-20-16-13(4)22(27)31-19(16)17(25)12(3)9-8-10-15(23(28)29-6)18(20)30-14(5)24/h7,10,16-20,25H,3-4,8-9H2,1-2,5-6H3/b11-7-,15-10+/t16-,17-,18?,19-,20-/m0/s1. The highest BCUT2D eigenvalue weighted by molar-refractivity contribution is 5.93. The van der Waals surface area contributed by atoms with Gasteiger partial charge >= 0.3 is 23.9 Å². The predicted molar refractivity (Wildman–Crippen MR) is 112 cm³/mol. The third kappa shape index (κ3) is 5.16. The maximum absolute atomic E-state index is 12.7. The lowest BCUT2D eigenvalue weighted by Gasteiger charge is -2.35. The molecule has 0 amide bonds. The summed E-state index contributed by atoms with van der Waals surface area (Å²) in [7, 11) is 1.16. The molecule has 2 aliphatic rings. The SMILES string of the molecule is C=C1C(=O)O[C@H]2[C@H]1[C@H](OC(=O)/C(C)=C\C)C(OC(C)=O)/C(C(=O)OC)=C\CCC(=C)[C@@H]2O. The largest absolute Gasteiger partial charge is 0.466 e. The molecule has 1 aliphatic carbocycles. The molecule has 0 aromatic rings. The molecule has 0 aromatic carbocycles. The van der Waals surface area contributed by atoms with E-state index in [0.717, 1.165) is 14.0 Å². The van der Waals surface area contributed by atoms with Gasteiger partial charge in [-0.1, -0.05) is 25.3 Å². The van der Waals surface area contributed by atoms with Crippen molar-refractivity contribution in [3.63, 3.8) is 0 Å². The first-order valence-corrected chi connectivity index (χ1v) is 10.1. The minimum Gasteiger partial charge on any atom is -0.466 e. The molecule has 1 N–H and O–H groups in total. The van der Waals surface area contributed by atoms with Crippen LogP contribution in [0.2, 0.25) is 0 Å². The average Bonchev–Trinajstić information content (AvgIpc) is 3.05. The maximum Gasteiger partial charge on any atom is 0.337 e. The minimum absolute atomic E-state index is 0.0753. The van der Waals surface area contributed by atoms with Crippen LogP contribution >= 0.6 is 0 Å². The lowest BCUT2D eigenvalue weighted by Crippen LogP contribution is -2.49. The van der Waals surface area contributed by atoms with E-state index in [4.69, 9.17) is 18.9 Å². The van der Waals surface area contributed by atoms with Gasteiger partial charge in [0.25, 0.3) is 0 Å². The van der Waals surface area contributed by atoms with Gasteiger partial charge in [-0.15, -0.1) is 0 Å². The molecular formula is C23H28O9. The summed E-state index contributed by atoms with van der Waals surface area (Å²) in [5.74, 6) is -4.27. The van der Waals surface area contributed by atoms with Gasteiger partial charge in [0, 0.05) is 18.1 Å². The van der Waals surface area contributed by atoms with Crippen LogP contribution in [0.1, 0.15) is 33.6 Å². The Hall–Kier alpha value is -3.20. The van der Waals surface area contributed by atoms with Crippen LogP contribution < -0.4 is 0 Å². The van der Waals surface area contributed by atoms with Crippen LogP contribution in [0.4, 0.5) is 0 Å². The normalized spacial score (nSPS) is 30.4. The zero-order valence-corrected chi connectivity index (χ0v) is 18.6. The van der Waals surface area contributed by atoms with Crippen LogP contribution in [0.15, 0.2) is 47.6 Å². The molecule has 0 aromatic heterocycles. The van der Waals surface area contributed by atoms with Crippen molar-refractivity contribution in [2.75, 3.05) is 7.11 Å². The fraction of sp³-hybridized carbons (Fsp3) is 0.478. The molecular weight excluding hydrogens is 420 g/mol. The molecule has 1 aliphatic heterocycles. The second kappa shape index (κ2) is 10.4. The summed E-state index contributed by atoms with van der Waals surface area (Å²) in [6, 6.07) is 0. The first-order valence-electron chi connectivity index (χ1n) is 10.1. The number of fused-ring (bicyclic) bond motifs is 1. The highest BCUT2D eigenvalue weighted by atomic mass is 16.6. The number of rotatable bonds is 4. The number of methoxy groups -OCH3 is 1. The highest BCUT2D eigenvalue weighted by Crippen LogP contribution is 2.39. The molecule has 0 saturated carbocycles. The summed E-state index contributed by atoms with van der Waals surface area (Å²) in [6.07, 6.45) is -1.88. The molecule has 1 fully saturated rings. The van der Waals surface area contributed by atoms with Gasteiger partial charge in [-0.25, -0.2) is 14.4 Å². The first-order chi connectivity index (χ1) is 15.0. The van der Waals surface area contributed by atoms with Gasteiger partial charge < -0.3 is 24.1 Å². The highest BCUT2D eigenvalue weighted by Gasteiger charge is 2.53. The molecule has 1 unspecified atom stereocenters. The third-order valence-electron chi connectivity index (χ3n) is 5.49. The molecule has 5 atom stereocenters. The smallest absolute Gasteiger partial charge is 0.337 e. The van der Waals surface area contributed by atoms with Crippen molar-refractivity contribution >= 4 is 23.9 Å². The average molecular weight is 448 g/mol. The van der Waals surface area contributed by atoms with E-state index in [1.165, 1.54) is 19.1 Å². The zero-order chi connectivity index (χ0) is 24.2. The van der Waals surface area contributed by atoms with E-state index in [1.807, 2.05) is 0 Å². The molecule has 9 heteroatoms. The van der Waals surface area contributed by atoms with Crippen molar-refractivity contribution in [1.82, 2.24) is 0 Å². The van der Waals surface area contributed by atoms with Crippen molar-refractivity contribution in [1.29, 1.82) is 0 Å². The third-order valence-corrected chi connectivity index (χ3v) is 5.49. The van der Waals surface area contributed by atoms with Crippen LogP contribution in [-0.4, -0.2) is 60.5 Å². The Labute approximate surface area is 186 Å². The Morgan fingerprint density at radius 3 is 2.44 bits per heavy atom. The Bertz CT molecular complexity index is 895. The second-order valence-electron chi connectivity index (χ2n) is 7.59. The molecule has 0 spiro atoms. The Morgan fingerprint density at radius 1 is 1.22 bits per heavy atom. The van der Waals surface area contributed by atoms with Gasteiger partial charge in [-0.3, -0.25) is 4.79 Å². The van der Waals surface area contributed by atoms with Gasteiger partial charge in [-0.2, -0.15) is 0 Å². The van der Waals surface area contributed by atoms with E-state index in [-0.39, 0.29) is 29.6 Å². The topological polar surface area (TPSA) is 125 Å². The molecule has 2 rings (SSSR count). The predicted octanol–water partition coefficient (Wildman–Crippen LogP) is 1.70. The summed E-state index contributed by atoms with van der Waals surface area (Å²) in [5.41, 5.74) is 0.418. The molecule has 174 valence electrons. The fourth-order valence-corrected chi connectivity index (χ4v) is 3.62. The summed E-state index contributed by atoms with van der Waals surface area (Å²) in [6.45, 7) is 11.9. The van der Waals surface area contributed by atoms with Crippen molar-refractivity contribution in [2.45, 2.75) is 58.0 Å². The number of esters is 4. The van der Waals surface area contributed by atoms with Crippen LogP contribution in [0.5, 0.6) is 0 Å². The summed E-state index contributed by atoms with van der Waals surface area (Å²) in [4.78, 5) is 49.6. The van der Waals surface area contributed by atoms with E-state index < -0.39 is 54.2 Å². The Morgan fingerprint density at radius 2 is 1.88 bits per heavy atom. The number of aliphatic hydroxyl groups excluding tert-OH is 1. The Balaban J connectivity index is 2.74. The number of hydrogen-bond donors (Lipinski definition) is 1. The monoisotopic (exact) mass is 448 g/mol. The van der Waals surface area contributed by atoms with E-state index in [2.05, 4.69) is 13.2 Å². The maximum atomic E-state index is 12.7. The molecule has 32 heavy (non-hydrogen) atoms. The molecule has 1 heterocycles. The number of carbonyl (C=O) groups is 4. The van der Waals surface area contributed by atoms with Crippen LogP contribution in [0.3, 0.4) is 0 Å². The Kier molecular flexibility index (Phi) is 8.15. The van der Waals surface area contributed by atoms with E-state index in [1.54, 1.807) is 6.92 Å². The summed E-state index contributed by atoms with van der Waals surface area (Å²) >= 11 is 0. The van der Waals surface area contributed by atoms with Crippen molar-refractivity contribution < 1.29 is 43.2 Å². The van der Waals surface area contributed by atoms with E-state index in [9.17, 15) is 24.3 Å². The lowest BCUT2D eigenvalue weighted by molar-refractivity contribution is -0.170. The van der Waals surface area contributed by atoms with Crippen molar-refractivity contribution in [3.05, 3.63) is 47.6 Å². The van der Waals surface area contributed by atoms with Crippen LogP contribution in [0.25, 0.3) is 0 Å². The lowest BCUT2D eigenvalue weighted by atomic mass is 9.80.